The molecular weight excluding hydrogens is 743 g/mol. The highest BCUT2D eigenvalue weighted by atomic mass is 32.2. The number of ketones is 2. The number of carbonyl (C=O) groups is 7. The summed E-state index contributed by atoms with van der Waals surface area (Å²) in [4.78, 5) is 100. The van der Waals surface area contributed by atoms with Crippen LogP contribution in [0.1, 0.15) is 19.5 Å². The van der Waals surface area contributed by atoms with Crippen molar-refractivity contribution in [1.29, 1.82) is 0 Å². The number of nitrogen functional groups attached to an aromatic ring is 2. The van der Waals surface area contributed by atoms with Crippen LogP contribution in [0, 0.1) is 0 Å². The number of hydrogen-bond donors (Lipinski definition) is 8. The zero-order valence-electron chi connectivity index (χ0n) is 27.8. The summed E-state index contributed by atoms with van der Waals surface area (Å²) in [5.74, 6) is -6.52. The van der Waals surface area contributed by atoms with E-state index in [0.717, 1.165) is 22.3 Å². The van der Waals surface area contributed by atoms with Gasteiger partial charge in [-0.15, -0.1) is 23.1 Å². The highest BCUT2D eigenvalue weighted by molar-refractivity contribution is 8.00. The molecule has 24 heteroatoms. The first kappa shape index (κ1) is 38.1. The molecule has 0 unspecified atom stereocenters. The fraction of sp³-hybridized carbons (Fsp3) is 0.345. The Morgan fingerprint density at radius 1 is 1.17 bits per heavy atom. The minimum Gasteiger partial charge on any atom is -0.478 e. The molecule has 280 valence electrons. The Morgan fingerprint density at radius 2 is 1.91 bits per heavy atom. The standard InChI is InChI=1S/C29H31N11O11S2/c1-29(2,27(48)49)51-37-18(14-10-53-28(31)35-14)23(44)36-19-24(45)40-20(26(46)47)12(9-52-25(19)40)6-38-7-13(30)21(34-11-38)32-3-4-33-22(43)15-5-16(41)17(42)8-39(15)50/h5,7,10-11,19,25,50H,3-4,6,8-9,30H2,1-2H3,(H6,31,33,35,36,43,44,46,47,48,49)/p+1/b37-18-/t19-,25-/m1/s1. The third-order valence-electron chi connectivity index (χ3n) is 7.73. The van der Waals surface area contributed by atoms with Gasteiger partial charge in [0.1, 0.15) is 53.5 Å². The van der Waals surface area contributed by atoms with Crippen molar-refractivity contribution in [2.45, 2.75) is 37.4 Å². The fourth-order valence-electron chi connectivity index (χ4n) is 4.96. The lowest BCUT2D eigenvalue weighted by Crippen LogP contribution is -2.71. The van der Waals surface area contributed by atoms with E-state index in [-0.39, 0.29) is 59.1 Å². The van der Waals surface area contributed by atoms with Gasteiger partial charge in [0.05, 0.1) is 0 Å². The van der Waals surface area contributed by atoms with E-state index >= 15 is 0 Å². The number of thiazole rings is 1. The number of nitrogens with one attached hydrogen (secondary N) is 3. The maximum Gasteiger partial charge on any atom is 0.352 e. The van der Waals surface area contributed by atoms with Gasteiger partial charge in [0.2, 0.25) is 17.2 Å². The first-order valence-corrected chi connectivity index (χ1v) is 17.2. The zero-order chi connectivity index (χ0) is 38.8. The number of oxime groups is 1. The van der Waals surface area contributed by atoms with E-state index in [1.165, 1.54) is 48.1 Å². The number of amides is 3. The van der Waals surface area contributed by atoms with Gasteiger partial charge in [-0.05, 0) is 18.8 Å². The van der Waals surface area contributed by atoms with Crippen LogP contribution in [0.4, 0.5) is 16.6 Å². The lowest BCUT2D eigenvalue weighted by molar-refractivity contribution is -0.691. The Labute approximate surface area is 306 Å². The van der Waals surface area contributed by atoms with Crippen molar-refractivity contribution in [3.05, 3.63) is 46.6 Å². The number of thioether (sulfide) groups is 1. The maximum atomic E-state index is 13.3. The summed E-state index contributed by atoms with van der Waals surface area (Å²) in [5.41, 5.74) is 9.43. The van der Waals surface area contributed by atoms with Gasteiger partial charge in [0.25, 0.3) is 29.9 Å². The number of fused-ring (bicyclic) bond motifs is 1. The van der Waals surface area contributed by atoms with Crippen LogP contribution in [0.25, 0.3) is 0 Å². The minimum atomic E-state index is -1.81. The van der Waals surface area contributed by atoms with E-state index in [1.807, 2.05) is 0 Å². The molecule has 5 rings (SSSR count). The fourth-order valence-corrected chi connectivity index (χ4v) is 6.84. The summed E-state index contributed by atoms with van der Waals surface area (Å²) in [7, 11) is 0. The Morgan fingerprint density at radius 3 is 2.55 bits per heavy atom. The number of carbonyl (C=O) groups excluding carboxylic acids is 5. The molecule has 3 aliphatic rings. The second-order valence-electron chi connectivity index (χ2n) is 11.9. The van der Waals surface area contributed by atoms with Gasteiger partial charge in [0.15, 0.2) is 10.8 Å². The number of anilines is 3. The largest absolute Gasteiger partial charge is 0.478 e. The molecule has 3 amide bonds. The number of rotatable bonds is 14. The van der Waals surface area contributed by atoms with Gasteiger partial charge in [-0.2, -0.15) is 0 Å². The monoisotopic (exact) mass is 774 g/mol. The molecule has 2 aromatic rings. The van der Waals surface area contributed by atoms with Crippen molar-refractivity contribution >= 4 is 86.7 Å². The Kier molecular flexibility index (Phi) is 10.9. The normalized spacial score (nSPS) is 18.9. The number of allylic oxidation sites excluding steroid dienone is 1. The number of carboxylic acids is 2. The highest BCUT2D eigenvalue weighted by Gasteiger charge is 2.54. The molecular formula is C29H32N11O11S2+. The van der Waals surface area contributed by atoms with Gasteiger partial charge in [-0.3, -0.25) is 34.1 Å². The molecule has 0 saturated carbocycles. The van der Waals surface area contributed by atoms with E-state index < -0.39 is 70.5 Å². The molecule has 0 spiro atoms. The first-order chi connectivity index (χ1) is 25.0. The first-order valence-electron chi connectivity index (χ1n) is 15.3. The van der Waals surface area contributed by atoms with Crippen LogP contribution >= 0.6 is 23.1 Å². The second-order valence-corrected chi connectivity index (χ2v) is 13.9. The van der Waals surface area contributed by atoms with Gasteiger partial charge in [0, 0.05) is 35.9 Å². The third-order valence-corrected chi connectivity index (χ3v) is 9.75. The molecule has 0 bridgehead atoms. The number of aromatic nitrogens is 3. The average Bonchev–Trinajstić information content (AvgIpc) is 3.52. The lowest BCUT2D eigenvalue weighted by atomic mass is 10.0. The molecule has 2 aromatic heterocycles. The van der Waals surface area contributed by atoms with E-state index in [0.29, 0.717) is 10.6 Å². The van der Waals surface area contributed by atoms with E-state index in [4.69, 9.17) is 16.3 Å². The Balaban J connectivity index is 1.22. The summed E-state index contributed by atoms with van der Waals surface area (Å²) >= 11 is 2.19. The highest BCUT2D eigenvalue weighted by Crippen LogP contribution is 2.40. The lowest BCUT2D eigenvalue weighted by Gasteiger charge is -2.49. The van der Waals surface area contributed by atoms with Crippen LogP contribution in [-0.2, 0) is 44.9 Å². The van der Waals surface area contributed by atoms with Crippen molar-refractivity contribution in [1.82, 2.24) is 30.6 Å². The van der Waals surface area contributed by atoms with Gasteiger partial charge in [-0.1, -0.05) is 5.16 Å². The number of hydrogen-bond acceptors (Lipinski definition) is 18. The van der Waals surface area contributed by atoms with Gasteiger partial charge >= 0.3 is 11.9 Å². The van der Waals surface area contributed by atoms with Gasteiger partial charge < -0.3 is 42.5 Å². The Hall–Kier alpha value is -6.14. The molecule has 1 fully saturated rings. The predicted octanol–water partition coefficient (Wildman–Crippen LogP) is -2.73. The molecule has 0 aliphatic carbocycles. The van der Waals surface area contributed by atoms with Crippen LogP contribution in [0.5, 0.6) is 0 Å². The molecule has 5 heterocycles. The SMILES string of the molecule is CC(C)(O/N=C(\C(=O)N[C@@H]1C(=O)N2C(C(=O)O)=C(C[n+]3cnc(NCCNC(=O)C4=CC(=O)C(=O)CN4O)c(N)c3)CS[C@H]12)c1csc(N)n1)C(=O)O. The molecule has 0 aromatic carbocycles. The van der Waals surface area contributed by atoms with Crippen LogP contribution in [-0.4, -0.2) is 125 Å². The van der Waals surface area contributed by atoms with Crippen LogP contribution in [0.3, 0.4) is 0 Å². The molecule has 1 saturated heterocycles. The van der Waals surface area contributed by atoms with Crippen molar-refractivity contribution in [2.75, 3.05) is 42.2 Å². The smallest absolute Gasteiger partial charge is 0.352 e. The summed E-state index contributed by atoms with van der Waals surface area (Å²) in [5, 5.41) is 41.9. The molecule has 2 atom stereocenters. The summed E-state index contributed by atoms with van der Waals surface area (Å²) in [6.07, 6.45) is 3.60. The molecule has 3 aliphatic heterocycles. The topological polar surface area (TPSA) is 326 Å². The van der Waals surface area contributed by atoms with Gasteiger partial charge in [-0.25, -0.2) is 24.2 Å². The van der Waals surface area contributed by atoms with Crippen molar-refractivity contribution in [2.24, 2.45) is 5.16 Å². The molecule has 10 N–H and O–H groups in total. The summed E-state index contributed by atoms with van der Waals surface area (Å²) < 4.78 is 1.51. The molecule has 22 nitrogen and oxygen atoms in total. The maximum absolute atomic E-state index is 13.3. The quantitative estimate of drug-likeness (QED) is 0.0241. The third kappa shape index (κ3) is 8.18. The number of hydroxylamine groups is 2. The van der Waals surface area contributed by atoms with Crippen molar-refractivity contribution < 1.29 is 58.4 Å². The van der Waals surface area contributed by atoms with E-state index in [2.05, 4.69) is 31.1 Å². The number of β-lactam (4-membered cyclic amide) rings is 1. The number of nitrogens with two attached hydrogens (primary N) is 2. The van der Waals surface area contributed by atoms with E-state index in [9.17, 15) is 49.0 Å². The minimum absolute atomic E-state index is 0.0115. The Bertz CT molecular complexity index is 2010. The van der Waals surface area contributed by atoms with Crippen LogP contribution < -0.4 is 32.0 Å². The zero-order valence-corrected chi connectivity index (χ0v) is 29.4. The van der Waals surface area contributed by atoms with E-state index in [1.54, 1.807) is 0 Å². The number of carboxylic acid groups (broad SMARTS) is 2. The molecule has 53 heavy (non-hydrogen) atoms. The summed E-state index contributed by atoms with van der Waals surface area (Å²) in [6.45, 7) is 1.93. The van der Waals surface area contributed by atoms with Crippen molar-refractivity contribution in [3.63, 3.8) is 0 Å². The van der Waals surface area contributed by atoms with Crippen LogP contribution in [0.2, 0.25) is 0 Å². The second kappa shape index (κ2) is 15.2. The molecule has 0 radical (unpaired) electrons. The number of Topliss-reactive ketones (excluding diaryl/α,β-unsaturated/α-hetero) is 1. The number of nitrogens with zero attached hydrogens (tertiary/aromatic N) is 6. The van der Waals surface area contributed by atoms with Crippen molar-refractivity contribution in [3.8, 4) is 0 Å². The predicted molar refractivity (Wildman–Crippen MR) is 182 cm³/mol. The van der Waals surface area contributed by atoms with Crippen LogP contribution in [0.15, 0.2) is 46.1 Å². The summed E-state index contributed by atoms with van der Waals surface area (Å²) in [6, 6.07) is -1.16. The average molecular weight is 775 g/mol. The number of aliphatic carboxylic acids is 2.